The summed E-state index contributed by atoms with van der Waals surface area (Å²) in [6.07, 6.45) is -2.67. The first-order valence-electron chi connectivity index (χ1n) is 15.3. The lowest BCUT2D eigenvalue weighted by Crippen LogP contribution is -2.42. The number of hydrogen-bond donors (Lipinski definition) is 9. The van der Waals surface area contributed by atoms with E-state index in [4.69, 9.17) is 18.9 Å². The van der Waals surface area contributed by atoms with E-state index in [9.17, 15) is 29.7 Å². The van der Waals surface area contributed by atoms with Gasteiger partial charge in [-0.3, -0.25) is 30.3 Å². The highest BCUT2D eigenvalue weighted by Crippen LogP contribution is 2.21. The summed E-state index contributed by atoms with van der Waals surface area (Å²) in [5.74, 6) is -0.484. The molecule has 264 valence electrons. The average molecular weight is 659 g/mol. The maximum Gasteiger partial charge on any atom is 0.222 e. The third-order valence-corrected chi connectivity index (χ3v) is 6.68. The monoisotopic (exact) mass is 658 g/mol. The SMILES string of the molecule is CNC(=O)CCOCC(COCCC(=O)NC)NC(O)c1cc(C)cc(C(O)NC(COCCC(=O)NC)COCC(O)NC)c1. The molecule has 16 nitrogen and oxygen atoms in total. The zero-order valence-corrected chi connectivity index (χ0v) is 27.6. The van der Waals surface area contributed by atoms with Gasteiger partial charge in [-0.25, -0.2) is 0 Å². The summed E-state index contributed by atoms with van der Waals surface area (Å²) in [5, 5.41) is 48.3. The second-order valence-corrected chi connectivity index (χ2v) is 10.5. The number of ether oxygens (including phenoxy) is 4. The number of rotatable bonds is 26. The van der Waals surface area contributed by atoms with Crippen molar-refractivity contribution in [2.24, 2.45) is 0 Å². The molecule has 3 amide bonds. The topological polar surface area (TPSA) is 221 Å². The summed E-state index contributed by atoms with van der Waals surface area (Å²) in [7, 11) is 6.22. The minimum absolute atomic E-state index is 0.0155. The molecule has 4 unspecified atom stereocenters. The molecule has 0 saturated heterocycles. The number of hydrogen-bond acceptors (Lipinski definition) is 13. The largest absolute Gasteiger partial charge is 0.379 e. The van der Waals surface area contributed by atoms with Crippen molar-refractivity contribution in [2.45, 2.75) is 57.0 Å². The van der Waals surface area contributed by atoms with E-state index in [1.807, 2.05) is 6.92 Å². The molecule has 0 spiro atoms. The molecule has 0 aliphatic rings. The van der Waals surface area contributed by atoms with Gasteiger partial charge in [0, 0.05) is 40.4 Å². The number of likely N-dealkylation sites (N-methyl/N-ethyl adjacent to an activating group) is 1. The van der Waals surface area contributed by atoms with Gasteiger partial charge in [-0.05, 0) is 31.2 Å². The van der Waals surface area contributed by atoms with E-state index in [0.717, 1.165) is 5.56 Å². The van der Waals surface area contributed by atoms with Crippen molar-refractivity contribution in [2.75, 3.05) is 81.0 Å². The zero-order valence-electron chi connectivity index (χ0n) is 27.6. The third-order valence-electron chi connectivity index (χ3n) is 6.68. The molecule has 1 aromatic carbocycles. The predicted molar refractivity (Wildman–Crippen MR) is 169 cm³/mol. The third kappa shape index (κ3) is 18.4. The Labute approximate surface area is 271 Å². The van der Waals surface area contributed by atoms with Gasteiger partial charge >= 0.3 is 0 Å². The Morgan fingerprint density at radius 1 is 0.609 bits per heavy atom. The quantitative estimate of drug-likeness (QED) is 0.0385. The van der Waals surface area contributed by atoms with Gasteiger partial charge < -0.3 is 50.2 Å². The molecule has 0 fully saturated rings. The second-order valence-electron chi connectivity index (χ2n) is 10.5. The van der Waals surface area contributed by atoms with E-state index in [0.29, 0.717) is 11.1 Å². The van der Waals surface area contributed by atoms with E-state index >= 15 is 0 Å². The minimum atomic E-state index is -1.17. The smallest absolute Gasteiger partial charge is 0.222 e. The highest BCUT2D eigenvalue weighted by molar-refractivity contribution is 5.76. The molecule has 46 heavy (non-hydrogen) atoms. The van der Waals surface area contributed by atoms with Crippen LogP contribution >= 0.6 is 0 Å². The summed E-state index contributed by atoms with van der Waals surface area (Å²) >= 11 is 0. The van der Waals surface area contributed by atoms with E-state index < -0.39 is 30.8 Å². The van der Waals surface area contributed by atoms with Gasteiger partial charge in [0.2, 0.25) is 17.7 Å². The molecule has 0 heterocycles. The molecule has 0 aliphatic heterocycles. The van der Waals surface area contributed by atoms with Crippen LogP contribution in [0.3, 0.4) is 0 Å². The van der Waals surface area contributed by atoms with Crippen LogP contribution in [0.5, 0.6) is 0 Å². The normalized spacial score (nSPS) is 14.0. The Morgan fingerprint density at radius 3 is 1.33 bits per heavy atom. The molecule has 9 N–H and O–H groups in total. The van der Waals surface area contributed by atoms with Crippen LogP contribution in [0.2, 0.25) is 0 Å². The first-order valence-corrected chi connectivity index (χ1v) is 15.3. The Morgan fingerprint density at radius 2 is 0.978 bits per heavy atom. The van der Waals surface area contributed by atoms with E-state index in [1.165, 1.54) is 0 Å². The van der Waals surface area contributed by atoms with Gasteiger partial charge in [0.15, 0.2) is 0 Å². The Kier molecular flexibility index (Phi) is 21.9. The molecule has 1 rings (SSSR count). The molecule has 0 aliphatic carbocycles. The van der Waals surface area contributed by atoms with E-state index in [-0.39, 0.29) is 89.8 Å². The van der Waals surface area contributed by atoms with Crippen LogP contribution < -0.4 is 31.9 Å². The summed E-state index contributed by atoms with van der Waals surface area (Å²) in [5.41, 5.74) is 1.73. The number of amides is 3. The number of carbonyl (C=O) groups excluding carboxylic acids is 3. The van der Waals surface area contributed by atoms with Crippen LogP contribution in [0.25, 0.3) is 0 Å². The van der Waals surface area contributed by atoms with Crippen LogP contribution in [0.4, 0.5) is 0 Å². The van der Waals surface area contributed by atoms with Crippen molar-refractivity contribution in [1.82, 2.24) is 31.9 Å². The fraction of sp³-hybridized carbons (Fsp3) is 0.700. The second kappa shape index (κ2) is 24.4. The number of nitrogens with one attached hydrogen (secondary N) is 6. The molecular weight excluding hydrogens is 604 g/mol. The maximum absolute atomic E-state index is 11.5. The van der Waals surface area contributed by atoms with Gasteiger partial charge in [-0.1, -0.05) is 17.7 Å². The van der Waals surface area contributed by atoms with Gasteiger partial charge in [0.05, 0.1) is 64.9 Å². The number of aliphatic hydroxyl groups excluding tert-OH is 3. The lowest BCUT2D eigenvalue weighted by atomic mass is 10.0. The molecule has 0 aromatic heterocycles. The molecule has 0 bridgehead atoms. The van der Waals surface area contributed by atoms with Crippen molar-refractivity contribution in [3.8, 4) is 0 Å². The van der Waals surface area contributed by atoms with Gasteiger partial charge in [0.25, 0.3) is 0 Å². The summed E-state index contributed by atoms with van der Waals surface area (Å²) in [6, 6.07) is 4.19. The molecule has 0 radical (unpaired) electrons. The average Bonchev–Trinajstić information content (AvgIpc) is 3.05. The van der Waals surface area contributed by atoms with Gasteiger partial charge in [-0.15, -0.1) is 0 Å². The van der Waals surface area contributed by atoms with Crippen LogP contribution in [0.1, 0.15) is 48.4 Å². The van der Waals surface area contributed by atoms with E-state index in [2.05, 4.69) is 31.9 Å². The zero-order chi connectivity index (χ0) is 34.3. The molecule has 0 saturated carbocycles. The van der Waals surface area contributed by atoms with Crippen molar-refractivity contribution in [1.29, 1.82) is 0 Å². The predicted octanol–water partition coefficient (Wildman–Crippen LogP) is -2.09. The Hall–Kier alpha value is -2.77. The van der Waals surface area contributed by atoms with Crippen molar-refractivity contribution in [3.63, 3.8) is 0 Å². The minimum Gasteiger partial charge on any atom is -0.379 e. The Bertz CT molecular complexity index is 996. The van der Waals surface area contributed by atoms with Crippen molar-refractivity contribution < 1.29 is 48.7 Å². The first-order chi connectivity index (χ1) is 22.0. The van der Waals surface area contributed by atoms with Crippen LogP contribution in [-0.2, 0) is 33.3 Å². The summed E-state index contributed by atoms with van der Waals surface area (Å²) in [4.78, 5) is 34.6. The molecule has 16 heteroatoms. The Balaban J connectivity index is 2.93. The highest BCUT2D eigenvalue weighted by Gasteiger charge is 2.21. The van der Waals surface area contributed by atoms with Crippen LogP contribution in [0.15, 0.2) is 18.2 Å². The number of benzene rings is 1. The number of carbonyl (C=O) groups is 3. The fourth-order valence-corrected chi connectivity index (χ4v) is 4.04. The lowest BCUT2D eigenvalue weighted by molar-refractivity contribution is -0.122. The summed E-state index contributed by atoms with van der Waals surface area (Å²) < 4.78 is 22.5. The first kappa shape index (κ1) is 41.3. The molecule has 4 atom stereocenters. The lowest BCUT2D eigenvalue weighted by Gasteiger charge is -2.26. The molecule has 1 aromatic rings. The highest BCUT2D eigenvalue weighted by atomic mass is 16.5. The van der Waals surface area contributed by atoms with Crippen LogP contribution in [0, 0.1) is 6.92 Å². The number of aryl methyl sites for hydroxylation is 1. The van der Waals surface area contributed by atoms with Crippen LogP contribution in [-0.4, -0.2) is 132 Å². The fourth-order valence-electron chi connectivity index (χ4n) is 4.04. The number of aliphatic hydroxyl groups is 3. The van der Waals surface area contributed by atoms with Crippen molar-refractivity contribution >= 4 is 17.7 Å². The molecular formula is C30H54N6O10. The van der Waals surface area contributed by atoms with Gasteiger partial charge in [-0.2, -0.15) is 0 Å². The van der Waals surface area contributed by atoms with Crippen molar-refractivity contribution in [3.05, 3.63) is 34.9 Å². The standard InChI is InChI=1S/C30H54N6O10/c1-20-12-21(29(41)35-23(15-43-9-6-25(37)31-2)16-44-10-7-26(38)32-3)14-22(13-20)30(42)36-24(18-46-19-28(40)34-5)17-45-11-8-27(39)33-4/h12-14,23-24,28-30,34-36,40-42H,6-11,15-19H2,1-5H3,(H,31,37)(H,32,38)(H,33,39). The van der Waals surface area contributed by atoms with E-state index in [1.54, 1.807) is 46.4 Å². The summed E-state index contributed by atoms with van der Waals surface area (Å²) in [6.45, 7) is 2.83. The maximum atomic E-state index is 11.5. The van der Waals surface area contributed by atoms with Gasteiger partial charge in [0.1, 0.15) is 18.7 Å².